The monoisotopic (exact) mass is 433 g/mol. The largest absolute Gasteiger partial charge is 0.346 e. The molecule has 2 aromatic carbocycles. The third kappa shape index (κ3) is 3.60. The van der Waals surface area contributed by atoms with E-state index in [1.165, 1.54) is 18.2 Å². The van der Waals surface area contributed by atoms with Gasteiger partial charge in [-0.05, 0) is 48.0 Å². The van der Waals surface area contributed by atoms with Crippen molar-refractivity contribution in [2.24, 2.45) is 0 Å². The highest BCUT2D eigenvalue weighted by atomic mass is 35.5. The number of benzene rings is 2. The summed E-state index contributed by atoms with van der Waals surface area (Å²) in [4.78, 5) is 20.0. The third-order valence-electron chi connectivity index (χ3n) is 5.14. The van der Waals surface area contributed by atoms with Gasteiger partial charge in [0.05, 0.1) is 21.9 Å². The summed E-state index contributed by atoms with van der Waals surface area (Å²) in [5.41, 5.74) is 3.48. The standard InChI is InChI=1S/C23H17ClFN5O/c24-17-5-1-6-18(25)21(17)29-23(31)28-19-7-2-8-20-16(19)9-11-30(20)13-14-12-27-22-15(14)4-3-10-26-22/h1-12H,13H2,(H,26,27)(H2,28,29,31). The van der Waals surface area contributed by atoms with Crippen LogP contribution in [0.25, 0.3) is 21.9 Å². The van der Waals surface area contributed by atoms with Crippen LogP contribution >= 0.6 is 11.6 Å². The first-order chi connectivity index (χ1) is 15.1. The number of hydrogen-bond donors (Lipinski definition) is 3. The minimum absolute atomic E-state index is 0.0562. The minimum atomic E-state index is -0.597. The zero-order valence-corrected chi connectivity index (χ0v) is 16.9. The molecule has 3 N–H and O–H groups in total. The summed E-state index contributed by atoms with van der Waals surface area (Å²) in [6.45, 7) is 0.648. The van der Waals surface area contributed by atoms with E-state index in [0.717, 1.165) is 27.5 Å². The molecule has 31 heavy (non-hydrogen) atoms. The minimum Gasteiger partial charge on any atom is -0.346 e. The number of nitrogens with zero attached hydrogens (tertiary/aromatic N) is 2. The Bertz CT molecular complexity index is 1400. The van der Waals surface area contributed by atoms with Gasteiger partial charge in [0, 0.05) is 35.9 Å². The Morgan fingerprint density at radius 3 is 2.81 bits per heavy atom. The van der Waals surface area contributed by atoms with Gasteiger partial charge in [0.15, 0.2) is 0 Å². The van der Waals surface area contributed by atoms with Gasteiger partial charge in [-0.2, -0.15) is 0 Å². The molecule has 2 amide bonds. The number of halogens is 2. The average Bonchev–Trinajstić information content (AvgIpc) is 3.37. The zero-order chi connectivity index (χ0) is 21.4. The Labute approximate surface area is 181 Å². The number of amides is 2. The van der Waals surface area contributed by atoms with E-state index in [-0.39, 0.29) is 10.7 Å². The van der Waals surface area contributed by atoms with Crippen molar-refractivity contribution in [3.8, 4) is 0 Å². The number of rotatable bonds is 4. The zero-order valence-electron chi connectivity index (χ0n) is 16.2. The highest BCUT2D eigenvalue weighted by Crippen LogP contribution is 2.28. The van der Waals surface area contributed by atoms with Crippen molar-refractivity contribution in [3.63, 3.8) is 0 Å². The van der Waals surface area contributed by atoms with Crippen LogP contribution in [0.2, 0.25) is 5.02 Å². The van der Waals surface area contributed by atoms with Gasteiger partial charge in [-0.25, -0.2) is 14.2 Å². The van der Waals surface area contributed by atoms with E-state index in [1.54, 1.807) is 12.3 Å². The maximum Gasteiger partial charge on any atom is 0.323 e. The topological polar surface area (TPSA) is 74.7 Å². The van der Waals surface area contributed by atoms with Gasteiger partial charge < -0.3 is 20.2 Å². The Hall–Kier alpha value is -3.84. The van der Waals surface area contributed by atoms with Gasteiger partial charge in [-0.1, -0.05) is 23.7 Å². The molecule has 0 saturated heterocycles. The molecule has 5 aromatic rings. The molecule has 0 saturated carbocycles. The number of H-pyrrole nitrogens is 1. The molecule has 0 spiro atoms. The number of aromatic nitrogens is 3. The first-order valence-corrected chi connectivity index (χ1v) is 9.99. The molecule has 0 aliphatic carbocycles. The number of anilines is 2. The summed E-state index contributed by atoms with van der Waals surface area (Å²) in [5.74, 6) is -0.597. The van der Waals surface area contributed by atoms with Crippen LogP contribution in [0.1, 0.15) is 5.56 Å². The number of para-hydroxylation sites is 1. The molecule has 6 nitrogen and oxygen atoms in total. The molecule has 3 aromatic heterocycles. The van der Waals surface area contributed by atoms with E-state index >= 15 is 0 Å². The van der Waals surface area contributed by atoms with E-state index in [9.17, 15) is 9.18 Å². The summed E-state index contributed by atoms with van der Waals surface area (Å²) in [7, 11) is 0. The number of urea groups is 1. The van der Waals surface area contributed by atoms with Crippen LogP contribution in [0, 0.1) is 5.82 Å². The molecule has 0 radical (unpaired) electrons. The number of carbonyl (C=O) groups excluding carboxylic acids is 1. The predicted molar refractivity (Wildman–Crippen MR) is 121 cm³/mol. The first kappa shape index (κ1) is 19.1. The summed E-state index contributed by atoms with van der Waals surface area (Å²) < 4.78 is 16.1. The maximum absolute atomic E-state index is 14.0. The molecule has 5 rings (SSSR count). The number of aromatic amines is 1. The lowest BCUT2D eigenvalue weighted by Crippen LogP contribution is -2.20. The number of hydrogen-bond acceptors (Lipinski definition) is 2. The Kier molecular flexibility index (Phi) is 4.80. The van der Waals surface area contributed by atoms with Gasteiger partial charge in [-0.3, -0.25) is 0 Å². The van der Waals surface area contributed by atoms with Crippen molar-refractivity contribution in [2.45, 2.75) is 6.54 Å². The highest BCUT2D eigenvalue weighted by molar-refractivity contribution is 6.33. The fraction of sp³-hybridized carbons (Fsp3) is 0.0435. The second-order valence-electron chi connectivity index (χ2n) is 7.07. The van der Waals surface area contributed by atoms with Gasteiger partial charge >= 0.3 is 6.03 Å². The molecule has 0 unspecified atom stereocenters. The van der Waals surface area contributed by atoms with Crippen LogP contribution in [0.4, 0.5) is 20.6 Å². The van der Waals surface area contributed by atoms with Gasteiger partial charge in [0.2, 0.25) is 0 Å². The maximum atomic E-state index is 14.0. The van der Waals surface area contributed by atoms with Crippen molar-refractivity contribution < 1.29 is 9.18 Å². The molecule has 0 fully saturated rings. The summed E-state index contributed by atoms with van der Waals surface area (Å²) in [6.07, 6.45) is 5.68. The van der Waals surface area contributed by atoms with E-state index in [4.69, 9.17) is 11.6 Å². The molecule has 0 atom stereocenters. The lowest BCUT2D eigenvalue weighted by Gasteiger charge is -2.11. The molecule has 3 heterocycles. The lowest BCUT2D eigenvalue weighted by atomic mass is 10.2. The summed E-state index contributed by atoms with van der Waals surface area (Å²) in [6, 6.07) is 15.2. The molecule has 0 bridgehead atoms. The van der Waals surface area contributed by atoms with Crippen LogP contribution in [-0.2, 0) is 6.54 Å². The van der Waals surface area contributed by atoms with Crippen LogP contribution in [-0.4, -0.2) is 20.6 Å². The second kappa shape index (κ2) is 7.77. The number of nitrogens with one attached hydrogen (secondary N) is 3. The summed E-state index contributed by atoms with van der Waals surface area (Å²) in [5, 5.41) is 7.34. The molecule has 0 aliphatic heterocycles. The van der Waals surface area contributed by atoms with E-state index in [0.29, 0.717) is 12.2 Å². The number of pyridine rings is 1. The van der Waals surface area contributed by atoms with Crippen LogP contribution < -0.4 is 10.6 Å². The number of carbonyl (C=O) groups is 1. The Morgan fingerprint density at radius 2 is 1.94 bits per heavy atom. The highest BCUT2D eigenvalue weighted by Gasteiger charge is 2.13. The van der Waals surface area contributed by atoms with E-state index in [2.05, 4.69) is 25.2 Å². The van der Waals surface area contributed by atoms with Crippen molar-refractivity contribution in [3.05, 3.63) is 89.6 Å². The van der Waals surface area contributed by atoms with Crippen molar-refractivity contribution in [1.29, 1.82) is 0 Å². The molecule has 0 aliphatic rings. The third-order valence-corrected chi connectivity index (χ3v) is 5.46. The molecular weight excluding hydrogens is 417 g/mol. The smallest absolute Gasteiger partial charge is 0.323 e. The molecular formula is C23H17ClFN5O. The number of fused-ring (bicyclic) bond motifs is 2. The van der Waals surface area contributed by atoms with Crippen molar-refractivity contribution in [2.75, 3.05) is 10.6 Å². The quantitative estimate of drug-likeness (QED) is 0.325. The molecule has 154 valence electrons. The summed E-state index contributed by atoms with van der Waals surface area (Å²) >= 11 is 5.99. The Balaban J connectivity index is 1.41. The van der Waals surface area contributed by atoms with Crippen molar-refractivity contribution in [1.82, 2.24) is 14.5 Å². The van der Waals surface area contributed by atoms with Crippen LogP contribution in [0.15, 0.2) is 73.2 Å². The normalized spacial score (nSPS) is 11.2. The second-order valence-corrected chi connectivity index (χ2v) is 7.48. The van der Waals surface area contributed by atoms with Crippen LogP contribution in [0.5, 0.6) is 0 Å². The van der Waals surface area contributed by atoms with E-state index < -0.39 is 11.8 Å². The average molecular weight is 434 g/mol. The van der Waals surface area contributed by atoms with Gasteiger partial charge in [0.25, 0.3) is 0 Å². The molecule has 8 heteroatoms. The fourth-order valence-corrected chi connectivity index (χ4v) is 3.89. The Morgan fingerprint density at radius 1 is 1.06 bits per heavy atom. The van der Waals surface area contributed by atoms with Crippen LogP contribution in [0.3, 0.4) is 0 Å². The lowest BCUT2D eigenvalue weighted by molar-refractivity contribution is 0.262. The fourth-order valence-electron chi connectivity index (χ4n) is 3.68. The van der Waals surface area contributed by atoms with E-state index in [1.807, 2.05) is 42.7 Å². The first-order valence-electron chi connectivity index (χ1n) is 9.61. The van der Waals surface area contributed by atoms with Gasteiger partial charge in [-0.15, -0.1) is 0 Å². The predicted octanol–water partition coefficient (Wildman–Crippen LogP) is 6.00. The SMILES string of the molecule is O=C(Nc1c(F)cccc1Cl)Nc1cccc2c1ccn2Cc1c[nH]c2ncccc12. The van der Waals surface area contributed by atoms with Gasteiger partial charge in [0.1, 0.15) is 11.5 Å². The van der Waals surface area contributed by atoms with Crippen molar-refractivity contribution >= 4 is 50.9 Å².